The second-order valence-corrected chi connectivity index (χ2v) is 4.73. The van der Waals surface area contributed by atoms with E-state index >= 15 is 0 Å². The van der Waals surface area contributed by atoms with Crippen molar-refractivity contribution in [2.24, 2.45) is 16.8 Å². The normalized spacial score (nSPS) is 31.6. The van der Waals surface area contributed by atoms with Gasteiger partial charge in [0.25, 0.3) is 0 Å². The molecule has 1 amide bonds. The highest BCUT2D eigenvalue weighted by Gasteiger charge is 2.35. The fourth-order valence-corrected chi connectivity index (χ4v) is 2.69. The zero-order valence-corrected chi connectivity index (χ0v) is 8.47. The van der Waals surface area contributed by atoms with Crippen molar-refractivity contribution >= 4 is 24.0 Å². The second kappa shape index (κ2) is 3.18. The summed E-state index contributed by atoms with van der Waals surface area (Å²) in [5, 5.41) is 2.71. The lowest BCUT2D eigenvalue weighted by molar-refractivity contribution is -0.122. The van der Waals surface area contributed by atoms with Crippen molar-refractivity contribution in [2.45, 2.75) is 19.2 Å². The van der Waals surface area contributed by atoms with E-state index in [1.54, 1.807) is 11.8 Å². The van der Waals surface area contributed by atoms with Gasteiger partial charge in [-0.25, -0.2) is 0 Å². The van der Waals surface area contributed by atoms with Gasteiger partial charge in [-0.05, 0) is 10.8 Å². The minimum absolute atomic E-state index is 0.0487. The van der Waals surface area contributed by atoms with Gasteiger partial charge in [0.05, 0.1) is 12.3 Å². The third kappa shape index (κ3) is 1.50. The summed E-state index contributed by atoms with van der Waals surface area (Å²) in [5.41, 5.74) is 0. The smallest absolute Gasteiger partial charge is 0.235 e. The molecule has 70 valence electrons. The van der Waals surface area contributed by atoms with Crippen molar-refractivity contribution in [3.63, 3.8) is 0 Å². The lowest BCUT2D eigenvalue weighted by Crippen LogP contribution is -2.36. The number of carbonyl (C=O) groups is 1. The first kappa shape index (κ1) is 8.81. The zero-order chi connectivity index (χ0) is 9.42. The van der Waals surface area contributed by atoms with Crippen molar-refractivity contribution in [1.29, 1.82) is 0 Å². The summed E-state index contributed by atoms with van der Waals surface area (Å²) < 4.78 is 0. The Bertz CT molecular complexity index is 296. The summed E-state index contributed by atoms with van der Waals surface area (Å²) in [6.07, 6.45) is 3.56. The summed E-state index contributed by atoms with van der Waals surface area (Å²) in [5.74, 6) is 0.522. The molecule has 0 aliphatic carbocycles. The van der Waals surface area contributed by atoms with Gasteiger partial charge in [-0.2, -0.15) is 0 Å². The van der Waals surface area contributed by atoms with Gasteiger partial charge < -0.3 is 5.32 Å². The largest absolute Gasteiger partial charge is 0.317 e. The average molecular weight is 196 g/mol. The van der Waals surface area contributed by atoms with E-state index in [1.807, 2.05) is 6.08 Å². The van der Waals surface area contributed by atoms with E-state index < -0.39 is 0 Å². The summed E-state index contributed by atoms with van der Waals surface area (Å²) in [6.45, 7) is 4.27. The molecule has 0 radical (unpaired) electrons. The Hall–Kier alpha value is -0.770. The molecule has 2 rings (SSSR count). The molecule has 3 nitrogen and oxygen atoms in total. The molecule has 0 saturated carbocycles. The first-order valence-corrected chi connectivity index (χ1v) is 5.27. The predicted octanol–water partition coefficient (Wildman–Crippen LogP) is 1.37. The van der Waals surface area contributed by atoms with Crippen molar-refractivity contribution in [3.8, 4) is 0 Å². The van der Waals surface area contributed by atoms with Crippen LogP contribution in [-0.2, 0) is 4.79 Å². The summed E-state index contributed by atoms with van der Waals surface area (Å²) in [6, 6.07) is 0. The Morgan fingerprint density at radius 3 is 3.00 bits per heavy atom. The maximum atomic E-state index is 11.4. The molecule has 2 atom stereocenters. The van der Waals surface area contributed by atoms with Gasteiger partial charge in [-0.3, -0.25) is 9.79 Å². The molecule has 0 bridgehead atoms. The topological polar surface area (TPSA) is 41.5 Å². The zero-order valence-electron chi connectivity index (χ0n) is 7.65. The molecular formula is C9H12N2OS. The molecule has 0 spiro atoms. The molecule has 2 aliphatic heterocycles. The first-order valence-electron chi connectivity index (χ1n) is 4.39. The number of fused-ring (bicyclic) bond motifs is 1. The van der Waals surface area contributed by atoms with Crippen LogP contribution in [0.3, 0.4) is 0 Å². The van der Waals surface area contributed by atoms with Crippen LogP contribution in [0.15, 0.2) is 16.0 Å². The fourth-order valence-electron chi connectivity index (χ4n) is 1.44. The SMILES string of the molecule is CC(C)C1=C[C@@H]2C(=O)NC=N[C@H]2S1. The van der Waals surface area contributed by atoms with Crippen molar-refractivity contribution < 1.29 is 4.79 Å². The van der Waals surface area contributed by atoms with Crippen LogP contribution < -0.4 is 5.32 Å². The highest BCUT2D eigenvalue weighted by Crippen LogP contribution is 2.41. The van der Waals surface area contributed by atoms with E-state index in [4.69, 9.17) is 0 Å². The van der Waals surface area contributed by atoms with Gasteiger partial charge in [0.1, 0.15) is 5.37 Å². The van der Waals surface area contributed by atoms with Gasteiger partial charge in [-0.15, -0.1) is 11.8 Å². The molecule has 0 aromatic rings. The van der Waals surface area contributed by atoms with Crippen LogP contribution in [-0.4, -0.2) is 17.6 Å². The number of nitrogens with one attached hydrogen (secondary N) is 1. The van der Waals surface area contributed by atoms with E-state index in [0.29, 0.717) is 5.92 Å². The number of carbonyl (C=O) groups excluding carboxylic acids is 1. The van der Waals surface area contributed by atoms with Gasteiger partial charge in [-0.1, -0.05) is 19.9 Å². The Kier molecular flexibility index (Phi) is 2.15. The van der Waals surface area contributed by atoms with Crippen LogP contribution in [0.4, 0.5) is 0 Å². The number of aliphatic imine (C=N–C) groups is 1. The number of hydrogen-bond donors (Lipinski definition) is 1. The maximum Gasteiger partial charge on any atom is 0.235 e. The average Bonchev–Trinajstić information content (AvgIpc) is 2.49. The van der Waals surface area contributed by atoms with Crippen LogP contribution >= 0.6 is 11.8 Å². The van der Waals surface area contributed by atoms with Crippen molar-refractivity contribution in [1.82, 2.24) is 5.32 Å². The number of thioether (sulfide) groups is 1. The molecule has 0 saturated heterocycles. The molecule has 2 heterocycles. The Morgan fingerprint density at radius 1 is 1.62 bits per heavy atom. The van der Waals surface area contributed by atoms with Gasteiger partial charge in [0.15, 0.2) is 0 Å². The molecule has 4 heteroatoms. The molecular weight excluding hydrogens is 184 g/mol. The Morgan fingerprint density at radius 2 is 2.38 bits per heavy atom. The summed E-state index contributed by atoms with van der Waals surface area (Å²) in [4.78, 5) is 16.9. The van der Waals surface area contributed by atoms with Gasteiger partial charge in [0.2, 0.25) is 5.91 Å². The van der Waals surface area contributed by atoms with Crippen LogP contribution in [0, 0.1) is 11.8 Å². The van der Waals surface area contributed by atoms with E-state index in [9.17, 15) is 4.79 Å². The molecule has 0 unspecified atom stereocenters. The molecule has 0 fully saturated rings. The van der Waals surface area contributed by atoms with E-state index in [0.717, 1.165) is 0 Å². The predicted molar refractivity (Wildman–Crippen MR) is 54.4 cm³/mol. The minimum Gasteiger partial charge on any atom is -0.317 e. The number of hydrogen-bond acceptors (Lipinski definition) is 3. The Balaban J connectivity index is 2.21. The van der Waals surface area contributed by atoms with Crippen LogP contribution in [0.1, 0.15) is 13.8 Å². The summed E-state index contributed by atoms with van der Waals surface area (Å²) >= 11 is 1.71. The van der Waals surface area contributed by atoms with Crippen molar-refractivity contribution in [3.05, 3.63) is 11.0 Å². The third-order valence-electron chi connectivity index (χ3n) is 2.21. The summed E-state index contributed by atoms with van der Waals surface area (Å²) in [7, 11) is 0. The molecule has 0 aromatic carbocycles. The molecule has 0 aromatic heterocycles. The van der Waals surface area contributed by atoms with Crippen molar-refractivity contribution in [2.75, 3.05) is 0 Å². The van der Waals surface area contributed by atoms with Crippen LogP contribution in [0.25, 0.3) is 0 Å². The van der Waals surface area contributed by atoms with E-state index in [2.05, 4.69) is 24.2 Å². The number of allylic oxidation sites excluding steroid dienone is 1. The van der Waals surface area contributed by atoms with E-state index in [1.165, 1.54) is 11.2 Å². The molecule has 2 aliphatic rings. The highest BCUT2D eigenvalue weighted by molar-refractivity contribution is 8.04. The van der Waals surface area contributed by atoms with Gasteiger partial charge in [0, 0.05) is 0 Å². The second-order valence-electron chi connectivity index (χ2n) is 3.54. The maximum absolute atomic E-state index is 11.4. The standard InChI is InChI=1S/C9H12N2OS/c1-5(2)7-3-6-8(12)10-4-11-9(6)13-7/h3-6,9H,1-2H3,(H,10,11,12)/t6-,9+/m1/s1. The lowest BCUT2D eigenvalue weighted by Gasteiger charge is -2.17. The fraction of sp³-hybridized carbons (Fsp3) is 0.556. The number of nitrogens with zero attached hydrogens (tertiary/aromatic N) is 1. The number of rotatable bonds is 1. The van der Waals surface area contributed by atoms with Crippen LogP contribution in [0.5, 0.6) is 0 Å². The monoisotopic (exact) mass is 196 g/mol. The van der Waals surface area contributed by atoms with Crippen LogP contribution in [0.2, 0.25) is 0 Å². The first-order chi connectivity index (χ1) is 6.18. The molecule has 13 heavy (non-hydrogen) atoms. The Labute approximate surface area is 81.7 Å². The number of amides is 1. The minimum atomic E-state index is -0.0487. The van der Waals surface area contributed by atoms with E-state index in [-0.39, 0.29) is 17.2 Å². The lowest BCUT2D eigenvalue weighted by atomic mass is 10.1. The third-order valence-corrected chi connectivity index (χ3v) is 3.74. The highest BCUT2D eigenvalue weighted by atomic mass is 32.2. The molecule has 1 N–H and O–H groups in total. The quantitative estimate of drug-likeness (QED) is 0.688. The van der Waals surface area contributed by atoms with Gasteiger partial charge >= 0.3 is 0 Å².